The first-order chi connectivity index (χ1) is 20.7. The molecule has 0 radical (unpaired) electrons. The van der Waals surface area contributed by atoms with E-state index in [1.54, 1.807) is 67.6 Å². The van der Waals surface area contributed by atoms with Crippen LogP contribution in [0.4, 0.5) is 5.69 Å². The first-order valence-corrected chi connectivity index (χ1v) is 16.3. The molecule has 0 unspecified atom stereocenters. The number of hydrogen-bond acceptors (Lipinski definition) is 5. The zero-order valence-electron chi connectivity index (χ0n) is 23.7. The van der Waals surface area contributed by atoms with E-state index in [2.05, 4.69) is 15.9 Å². The fraction of sp³-hybridized carbons (Fsp3) is 0.206. The first-order valence-electron chi connectivity index (χ1n) is 14.0. The fourth-order valence-corrected chi connectivity index (χ4v) is 8.61. The van der Waals surface area contributed by atoms with E-state index in [0.717, 1.165) is 5.56 Å². The average molecular weight is 657 g/mol. The van der Waals surface area contributed by atoms with Crippen LogP contribution in [0.1, 0.15) is 40.9 Å². The number of ketones is 1. The van der Waals surface area contributed by atoms with Crippen molar-refractivity contribution in [3.8, 4) is 0 Å². The van der Waals surface area contributed by atoms with Gasteiger partial charge in [-0.15, -0.1) is 0 Å². The molecule has 0 aromatic heterocycles. The molecule has 1 fully saturated rings. The summed E-state index contributed by atoms with van der Waals surface area (Å²) in [4.78, 5) is 28.7. The van der Waals surface area contributed by atoms with E-state index < -0.39 is 27.4 Å². The van der Waals surface area contributed by atoms with E-state index in [9.17, 15) is 18.0 Å². The van der Waals surface area contributed by atoms with Gasteiger partial charge < -0.3 is 0 Å². The number of halogens is 1. The van der Waals surface area contributed by atoms with Crippen molar-refractivity contribution in [2.75, 3.05) is 11.6 Å². The summed E-state index contributed by atoms with van der Waals surface area (Å²) in [5.74, 6) is -1.21. The smallest absolute Gasteiger partial charge is 0.261 e. The molecule has 218 valence electrons. The van der Waals surface area contributed by atoms with Crippen LogP contribution in [-0.2, 0) is 14.8 Å². The molecule has 0 bridgehead atoms. The summed E-state index contributed by atoms with van der Waals surface area (Å²) < 4.78 is 31.1. The number of hydrogen-bond donors (Lipinski definition) is 0. The average Bonchev–Trinajstić information content (AvgIpc) is 3.49. The molecule has 2 aliphatic rings. The maximum atomic E-state index is 14.9. The number of rotatable bonds is 7. The third-order valence-corrected chi connectivity index (χ3v) is 11.1. The van der Waals surface area contributed by atoms with Crippen LogP contribution >= 0.6 is 15.9 Å². The minimum atomic E-state index is -4.12. The van der Waals surface area contributed by atoms with Crippen molar-refractivity contribution in [1.82, 2.24) is 4.31 Å². The highest BCUT2D eigenvalue weighted by Gasteiger charge is 2.67. The van der Waals surface area contributed by atoms with Gasteiger partial charge in [-0.1, -0.05) is 100 Å². The Kier molecular flexibility index (Phi) is 7.66. The number of anilines is 1. The summed E-state index contributed by atoms with van der Waals surface area (Å²) in [6.07, 6.45) is -0.0356. The standard InChI is InChI=1S/C34H30BrN3O4S/c1-23-17-19-28(20-18-23)43(41,42)37-22-26(21-31(39)25-11-5-3-6-12-25)34(32(37)29-15-9-10-16-30(29)35)24(2)36-38(33(34)40)27-13-7-4-8-14-27/h3-20,26,32H,21-22H2,1-2H3/t26-,32-,34+/m0/s1. The van der Waals surface area contributed by atoms with Crippen LogP contribution in [0.25, 0.3) is 0 Å². The van der Waals surface area contributed by atoms with Crippen molar-refractivity contribution >= 4 is 49.0 Å². The summed E-state index contributed by atoms with van der Waals surface area (Å²) >= 11 is 3.65. The molecule has 1 saturated heterocycles. The zero-order chi connectivity index (χ0) is 30.4. The van der Waals surface area contributed by atoms with Gasteiger partial charge in [0.1, 0.15) is 5.41 Å². The minimum absolute atomic E-state index is 0.0356. The number of sulfonamides is 1. The van der Waals surface area contributed by atoms with Crippen LogP contribution in [0.5, 0.6) is 0 Å². The molecule has 9 heteroatoms. The molecule has 7 nitrogen and oxygen atoms in total. The number of para-hydroxylation sites is 1. The van der Waals surface area contributed by atoms with Crippen LogP contribution < -0.4 is 5.01 Å². The van der Waals surface area contributed by atoms with Gasteiger partial charge in [0.15, 0.2) is 5.78 Å². The van der Waals surface area contributed by atoms with Crippen molar-refractivity contribution < 1.29 is 18.0 Å². The van der Waals surface area contributed by atoms with Crippen LogP contribution in [0.15, 0.2) is 124 Å². The number of carbonyl (C=O) groups is 2. The summed E-state index contributed by atoms with van der Waals surface area (Å²) in [5, 5.41) is 6.13. The van der Waals surface area contributed by atoms with Crippen molar-refractivity contribution in [3.05, 3.63) is 130 Å². The largest absolute Gasteiger partial charge is 0.294 e. The highest BCUT2D eigenvalue weighted by atomic mass is 79.9. The molecule has 2 aliphatic heterocycles. The van der Waals surface area contributed by atoms with Gasteiger partial charge in [-0.3, -0.25) is 9.59 Å². The lowest BCUT2D eigenvalue weighted by Crippen LogP contribution is -2.48. The van der Waals surface area contributed by atoms with Gasteiger partial charge in [0.05, 0.1) is 22.3 Å². The van der Waals surface area contributed by atoms with E-state index in [0.29, 0.717) is 27.0 Å². The molecule has 3 atom stereocenters. The Morgan fingerprint density at radius 3 is 2.14 bits per heavy atom. The Labute approximate surface area is 260 Å². The number of benzene rings is 4. The van der Waals surface area contributed by atoms with Gasteiger partial charge >= 0.3 is 0 Å². The number of carbonyl (C=O) groups excluding carboxylic acids is 2. The molecule has 0 saturated carbocycles. The van der Waals surface area contributed by atoms with Crippen LogP contribution in [0.2, 0.25) is 0 Å². The van der Waals surface area contributed by atoms with Crippen molar-refractivity contribution in [2.45, 2.75) is 31.2 Å². The Balaban J connectivity index is 1.57. The lowest BCUT2D eigenvalue weighted by molar-refractivity contribution is -0.126. The third kappa shape index (κ3) is 4.85. The molecule has 6 rings (SSSR count). The highest BCUT2D eigenvalue weighted by Crippen LogP contribution is 2.59. The molecule has 0 aliphatic carbocycles. The summed E-state index contributed by atoms with van der Waals surface area (Å²) in [5.41, 5.74) is 1.66. The summed E-state index contributed by atoms with van der Waals surface area (Å²) in [6.45, 7) is 3.63. The number of nitrogens with zero attached hydrogens (tertiary/aromatic N) is 3. The van der Waals surface area contributed by atoms with Crippen molar-refractivity contribution in [2.24, 2.45) is 16.4 Å². The normalized spacial score (nSPS) is 22.3. The minimum Gasteiger partial charge on any atom is -0.294 e. The topological polar surface area (TPSA) is 87.1 Å². The number of aryl methyl sites for hydroxylation is 1. The second-order valence-electron chi connectivity index (χ2n) is 11.0. The van der Waals surface area contributed by atoms with E-state index in [1.165, 1.54) is 9.31 Å². The molecule has 4 aromatic carbocycles. The monoisotopic (exact) mass is 655 g/mol. The quantitative estimate of drug-likeness (QED) is 0.205. The van der Waals surface area contributed by atoms with Gasteiger partial charge in [-0.05, 0) is 49.7 Å². The number of amides is 1. The fourth-order valence-electron chi connectivity index (χ4n) is 6.43. The Bertz CT molecular complexity index is 1830. The van der Waals surface area contributed by atoms with Crippen LogP contribution in [0, 0.1) is 18.3 Å². The van der Waals surface area contributed by atoms with E-state index in [1.807, 2.05) is 55.5 Å². The molecule has 43 heavy (non-hydrogen) atoms. The Hall–Kier alpha value is -3.92. The number of hydrazone groups is 1. The molecule has 1 spiro atoms. The Morgan fingerprint density at radius 1 is 0.884 bits per heavy atom. The predicted octanol–water partition coefficient (Wildman–Crippen LogP) is 6.80. The Morgan fingerprint density at radius 2 is 1.49 bits per heavy atom. The lowest BCUT2D eigenvalue weighted by atomic mass is 9.66. The highest BCUT2D eigenvalue weighted by molar-refractivity contribution is 9.10. The lowest BCUT2D eigenvalue weighted by Gasteiger charge is -2.37. The van der Waals surface area contributed by atoms with E-state index >= 15 is 0 Å². The molecular formula is C34H30BrN3O4S. The molecular weight excluding hydrogens is 626 g/mol. The predicted molar refractivity (Wildman–Crippen MR) is 170 cm³/mol. The van der Waals surface area contributed by atoms with Gasteiger partial charge in [0, 0.05) is 28.9 Å². The molecule has 0 N–H and O–H groups in total. The summed E-state index contributed by atoms with van der Waals surface area (Å²) in [7, 11) is -4.12. The van der Waals surface area contributed by atoms with Crippen molar-refractivity contribution in [3.63, 3.8) is 0 Å². The first kappa shape index (κ1) is 29.2. The van der Waals surface area contributed by atoms with Crippen LogP contribution in [0.3, 0.4) is 0 Å². The van der Waals surface area contributed by atoms with Gasteiger partial charge in [0.25, 0.3) is 5.91 Å². The van der Waals surface area contributed by atoms with Gasteiger partial charge in [-0.25, -0.2) is 8.42 Å². The maximum absolute atomic E-state index is 14.9. The summed E-state index contributed by atoms with van der Waals surface area (Å²) in [6, 6.07) is 31.1. The van der Waals surface area contributed by atoms with Crippen LogP contribution in [-0.4, -0.2) is 36.7 Å². The second-order valence-corrected chi connectivity index (χ2v) is 13.8. The third-order valence-electron chi connectivity index (χ3n) is 8.51. The molecule has 1 amide bonds. The van der Waals surface area contributed by atoms with Crippen molar-refractivity contribution in [1.29, 1.82) is 0 Å². The second kappa shape index (κ2) is 11.3. The van der Waals surface area contributed by atoms with Gasteiger partial charge in [-0.2, -0.15) is 14.4 Å². The van der Waals surface area contributed by atoms with E-state index in [4.69, 9.17) is 5.10 Å². The number of Topliss-reactive ketones (excluding diaryl/α,β-unsaturated/α-hetero) is 1. The van der Waals surface area contributed by atoms with E-state index in [-0.39, 0.29) is 29.6 Å². The maximum Gasteiger partial charge on any atom is 0.261 e. The van der Waals surface area contributed by atoms with Gasteiger partial charge in [0.2, 0.25) is 10.0 Å². The SMILES string of the molecule is CC1=NN(c2ccccc2)C(=O)[C@@]12[C@@H](CC(=O)c1ccccc1)CN(S(=O)(=O)c1ccc(C)cc1)[C@H]2c1ccccc1Br. The molecule has 2 heterocycles. The molecule has 4 aromatic rings. The zero-order valence-corrected chi connectivity index (χ0v) is 26.1.